The minimum absolute atomic E-state index is 0.231. The fraction of sp³-hybridized carbons (Fsp3) is 0.867. The molecular weight excluding hydrogens is 272 g/mol. The van der Waals surface area contributed by atoms with Gasteiger partial charge in [0.05, 0.1) is 6.10 Å². The van der Waals surface area contributed by atoms with Gasteiger partial charge in [-0.3, -0.25) is 0 Å². The van der Waals surface area contributed by atoms with E-state index in [1.807, 2.05) is 0 Å². The first-order chi connectivity index (χ1) is 10.0. The lowest BCUT2D eigenvalue weighted by Crippen LogP contribution is -2.58. The Labute approximate surface area is 125 Å². The molecule has 120 valence electrons. The second-order valence-electron chi connectivity index (χ2n) is 6.37. The summed E-state index contributed by atoms with van der Waals surface area (Å²) in [7, 11) is 0. The molecule has 2 amide bonds. The highest BCUT2D eigenvalue weighted by atomic mass is 16.5. The van der Waals surface area contributed by atoms with Crippen LogP contribution in [0.15, 0.2) is 0 Å². The highest BCUT2D eigenvalue weighted by Gasteiger charge is 2.42. The summed E-state index contributed by atoms with van der Waals surface area (Å²) in [5.41, 5.74) is -1.10. The van der Waals surface area contributed by atoms with Gasteiger partial charge >= 0.3 is 12.0 Å². The molecule has 1 saturated carbocycles. The van der Waals surface area contributed by atoms with Crippen LogP contribution in [-0.2, 0) is 9.53 Å². The smallest absolute Gasteiger partial charge is 0.329 e. The third-order valence-electron chi connectivity index (χ3n) is 4.67. The van der Waals surface area contributed by atoms with Crippen LogP contribution >= 0.6 is 0 Å². The number of amides is 2. The fourth-order valence-electron chi connectivity index (χ4n) is 3.13. The molecule has 1 heterocycles. The van der Waals surface area contributed by atoms with Crippen LogP contribution in [0.1, 0.15) is 51.9 Å². The van der Waals surface area contributed by atoms with Gasteiger partial charge < -0.3 is 20.5 Å². The quantitative estimate of drug-likeness (QED) is 0.723. The minimum atomic E-state index is -1.10. The van der Waals surface area contributed by atoms with Gasteiger partial charge in [0.2, 0.25) is 0 Å². The van der Waals surface area contributed by atoms with Crippen molar-refractivity contribution < 1.29 is 19.4 Å². The average molecular weight is 298 g/mol. The molecule has 2 aliphatic rings. The summed E-state index contributed by atoms with van der Waals surface area (Å²) in [6.45, 7) is 3.44. The van der Waals surface area contributed by atoms with Crippen LogP contribution in [0.2, 0.25) is 0 Å². The van der Waals surface area contributed by atoms with Crippen molar-refractivity contribution in [2.45, 2.75) is 63.5 Å². The number of rotatable bonds is 5. The van der Waals surface area contributed by atoms with Crippen LogP contribution in [0, 0.1) is 5.92 Å². The molecule has 21 heavy (non-hydrogen) atoms. The highest BCUT2D eigenvalue weighted by Crippen LogP contribution is 2.32. The van der Waals surface area contributed by atoms with E-state index >= 15 is 0 Å². The molecule has 0 aromatic heterocycles. The standard InChI is InChI=1S/C15H26N2O4/c1-11-4-7-15(8-5-11,13(18)19)17-14(20)16-9-6-12-3-2-10-21-12/h11-12H,2-10H2,1H3,(H,18,19)(H2,16,17,20). The maximum atomic E-state index is 11.9. The molecular formula is C15H26N2O4. The molecule has 1 saturated heterocycles. The van der Waals surface area contributed by atoms with E-state index < -0.39 is 11.5 Å². The monoisotopic (exact) mass is 298 g/mol. The molecule has 6 heteroatoms. The van der Waals surface area contributed by atoms with Crippen molar-refractivity contribution in [3.8, 4) is 0 Å². The lowest BCUT2D eigenvalue weighted by molar-refractivity contribution is -0.146. The van der Waals surface area contributed by atoms with Crippen molar-refractivity contribution in [3.05, 3.63) is 0 Å². The summed E-state index contributed by atoms with van der Waals surface area (Å²) >= 11 is 0. The summed E-state index contributed by atoms with van der Waals surface area (Å²) in [5.74, 6) is -0.398. The molecule has 1 aliphatic heterocycles. The van der Waals surface area contributed by atoms with Gasteiger partial charge in [-0.15, -0.1) is 0 Å². The largest absolute Gasteiger partial charge is 0.480 e. The Morgan fingerprint density at radius 2 is 2.00 bits per heavy atom. The fourth-order valence-corrected chi connectivity index (χ4v) is 3.13. The molecule has 3 N–H and O–H groups in total. The summed E-state index contributed by atoms with van der Waals surface area (Å²) in [4.78, 5) is 23.5. The number of carbonyl (C=O) groups is 2. The van der Waals surface area contributed by atoms with Crippen molar-refractivity contribution in [1.82, 2.24) is 10.6 Å². The number of urea groups is 1. The molecule has 6 nitrogen and oxygen atoms in total. The molecule has 2 rings (SSSR count). The second-order valence-corrected chi connectivity index (χ2v) is 6.37. The van der Waals surface area contributed by atoms with Gasteiger partial charge in [0, 0.05) is 13.2 Å². The van der Waals surface area contributed by atoms with E-state index in [2.05, 4.69) is 17.6 Å². The number of carboxylic acids is 1. The normalized spacial score (nSPS) is 32.6. The zero-order valence-corrected chi connectivity index (χ0v) is 12.7. The number of carboxylic acid groups (broad SMARTS) is 1. The van der Waals surface area contributed by atoms with E-state index in [0.717, 1.165) is 38.7 Å². The van der Waals surface area contributed by atoms with E-state index in [9.17, 15) is 14.7 Å². The molecule has 2 fully saturated rings. The van der Waals surface area contributed by atoms with E-state index in [-0.39, 0.29) is 12.1 Å². The maximum absolute atomic E-state index is 11.9. The topological polar surface area (TPSA) is 87.7 Å². The third-order valence-corrected chi connectivity index (χ3v) is 4.67. The third kappa shape index (κ3) is 4.33. The molecule has 1 unspecified atom stereocenters. The van der Waals surface area contributed by atoms with E-state index in [1.54, 1.807) is 0 Å². The van der Waals surface area contributed by atoms with Crippen LogP contribution in [0.5, 0.6) is 0 Å². The van der Waals surface area contributed by atoms with Crippen LogP contribution in [0.3, 0.4) is 0 Å². The van der Waals surface area contributed by atoms with Gasteiger partial charge in [-0.1, -0.05) is 6.92 Å². The van der Waals surface area contributed by atoms with Crippen molar-refractivity contribution in [2.75, 3.05) is 13.2 Å². The number of hydrogen-bond donors (Lipinski definition) is 3. The maximum Gasteiger partial charge on any atom is 0.329 e. The van der Waals surface area contributed by atoms with Gasteiger partial charge in [-0.25, -0.2) is 9.59 Å². The molecule has 0 bridgehead atoms. The zero-order chi connectivity index (χ0) is 15.3. The number of nitrogens with one attached hydrogen (secondary N) is 2. The first-order valence-corrected chi connectivity index (χ1v) is 7.93. The van der Waals surface area contributed by atoms with Crippen LogP contribution in [0.25, 0.3) is 0 Å². The Morgan fingerprint density at radius 1 is 1.29 bits per heavy atom. The summed E-state index contributed by atoms with van der Waals surface area (Å²) in [6, 6.07) is -0.384. The van der Waals surface area contributed by atoms with Crippen LogP contribution < -0.4 is 10.6 Å². The van der Waals surface area contributed by atoms with Crippen LogP contribution in [-0.4, -0.2) is 41.9 Å². The zero-order valence-electron chi connectivity index (χ0n) is 12.7. The molecule has 1 aliphatic carbocycles. The predicted molar refractivity (Wildman–Crippen MR) is 78.1 cm³/mol. The molecule has 1 atom stereocenters. The summed E-state index contributed by atoms with van der Waals surface area (Å²) in [5, 5.41) is 14.9. The first-order valence-electron chi connectivity index (χ1n) is 7.93. The highest BCUT2D eigenvalue weighted by molar-refractivity contribution is 5.86. The lowest BCUT2D eigenvalue weighted by Gasteiger charge is -2.36. The Bertz CT molecular complexity index is 372. The second kappa shape index (κ2) is 7.11. The van der Waals surface area contributed by atoms with Crippen molar-refractivity contribution >= 4 is 12.0 Å². The molecule has 0 aromatic carbocycles. The van der Waals surface area contributed by atoms with Crippen LogP contribution in [0.4, 0.5) is 4.79 Å². The van der Waals surface area contributed by atoms with Crippen molar-refractivity contribution in [1.29, 1.82) is 0 Å². The van der Waals surface area contributed by atoms with Gasteiger partial charge in [0.15, 0.2) is 0 Å². The Kier molecular flexibility index (Phi) is 5.45. The predicted octanol–water partition coefficient (Wildman–Crippen LogP) is 1.89. The number of hydrogen-bond acceptors (Lipinski definition) is 3. The van der Waals surface area contributed by atoms with E-state index in [1.165, 1.54) is 0 Å². The Morgan fingerprint density at radius 3 is 2.57 bits per heavy atom. The summed E-state index contributed by atoms with van der Waals surface area (Å²) < 4.78 is 5.49. The van der Waals surface area contributed by atoms with Gasteiger partial charge in [-0.2, -0.15) is 0 Å². The Balaban J connectivity index is 1.77. The van der Waals surface area contributed by atoms with E-state index in [4.69, 9.17) is 4.74 Å². The number of aliphatic carboxylic acids is 1. The molecule has 0 spiro atoms. The molecule has 0 aromatic rings. The van der Waals surface area contributed by atoms with Crippen molar-refractivity contribution in [2.24, 2.45) is 5.92 Å². The van der Waals surface area contributed by atoms with E-state index in [0.29, 0.717) is 25.3 Å². The van der Waals surface area contributed by atoms with Crippen molar-refractivity contribution in [3.63, 3.8) is 0 Å². The van der Waals surface area contributed by atoms with Gasteiger partial charge in [0.1, 0.15) is 5.54 Å². The molecule has 0 radical (unpaired) electrons. The summed E-state index contributed by atoms with van der Waals surface area (Å²) in [6.07, 6.45) is 5.81. The Hall–Kier alpha value is -1.30. The number of ether oxygens (including phenoxy) is 1. The van der Waals surface area contributed by atoms with Gasteiger partial charge in [-0.05, 0) is 50.9 Å². The first kappa shape index (κ1) is 16.1. The van der Waals surface area contributed by atoms with Gasteiger partial charge in [0.25, 0.3) is 0 Å². The average Bonchev–Trinajstić information content (AvgIpc) is 2.94. The number of carbonyl (C=O) groups excluding carboxylic acids is 1. The SMILES string of the molecule is CC1CCC(NC(=O)NCCC2CCCO2)(C(=O)O)CC1. The minimum Gasteiger partial charge on any atom is -0.480 e. The lowest BCUT2D eigenvalue weighted by atomic mass is 9.77.